The summed E-state index contributed by atoms with van der Waals surface area (Å²) in [5.74, 6) is 0. The summed E-state index contributed by atoms with van der Waals surface area (Å²) >= 11 is 0. The van der Waals surface area contributed by atoms with Gasteiger partial charge in [-0.3, -0.25) is 0 Å². The minimum Gasteiger partial charge on any atom is -0.227 e. The van der Waals surface area contributed by atoms with E-state index < -0.39 is 0 Å². The van der Waals surface area contributed by atoms with Crippen LogP contribution in [0, 0.1) is 0 Å². The average Bonchev–Trinajstić information content (AvgIpc) is 2.17. The van der Waals surface area contributed by atoms with Gasteiger partial charge < -0.3 is 0 Å². The topological polar surface area (TPSA) is 17.3 Å². The van der Waals surface area contributed by atoms with Crippen molar-refractivity contribution in [1.82, 2.24) is 10.4 Å². The molecule has 0 saturated heterocycles. The Morgan fingerprint density at radius 1 is 0.846 bits per heavy atom. The third kappa shape index (κ3) is 8.26. The number of nitrogens with zero attached hydrogens (tertiary/aromatic N) is 2. The van der Waals surface area contributed by atoms with Crippen LogP contribution in [0.15, 0.2) is 0 Å². The van der Waals surface area contributed by atoms with Crippen molar-refractivity contribution >= 4 is 0 Å². The monoisotopic (exact) mass is 185 g/mol. The molecule has 0 aromatic rings. The molecule has 0 unspecified atom stereocenters. The van der Waals surface area contributed by atoms with Crippen LogP contribution in [-0.4, -0.2) is 24.6 Å². The fourth-order valence-electron chi connectivity index (χ4n) is 1.18. The van der Waals surface area contributed by atoms with E-state index in [2.05, 4.69) is 31.2 Å². The third-order valence-corrected chi connectivity index (χ3v) is 2.06. The molecule has 1 radical (unpaired) electrons. The summed E-state index contributed by atoms with van der Waals surface area (Å²) in [5.41, 5.74) is 4.55. The fraction of sp³-hybridized carbons (Fsp3) is 1.00. The van der Waals surface area contributed by atoms with Gasteiger partial charge >= 0.3 is 0 Å². The molecule has 0 heterocycles. The van der Waals surface area contributed by atoms with E-state index >= 15 is 0 Å². The number of hydrogen-bond donors (Lipinski definition) is 0. The maximum Gasteiger partial charge on any atom is 0.0304 e. The molecule has 0 aromatic carbocycles. The molecular formula is C11H25N2. The van der Waals surface area contributed by atoms with Crippen molar-refractivity contribution in [2.24, 2.45) is 0 Å². The molecule has 0 spiro atoms. The Hall–Kier alpha value is -0.0800. The lowest BCUT2D eigenvalue weighted by molar-refractivity contribution is 0.174. The first-order chi connectivity index (χ1) is 6.35. The average molecular weight is 185 g/mol. The predicted octanol–water partition coefficient (Wildman–Crippen LogP) is 2.82. The number of unbranched alkanes of at least 4 members (excludes halogenated alkanes) is 2. The lowest BCUT2D eigenvalue weighted by Crippen LogP contribution is -2.34. The zero-order chi connectivity index (χ0) is 9.94. The summed E-state index contributed by atoms with van der Waals surface area (Å²) < 4.78 is 0. The smallest absolute Gasteiger partial charge is 0.0304 e. The maximum absolute atomic E-state index is 4.55. The molecule has 0 bridgehead atoms. The van der Waals surface area contributed by atoms with Crippen LogP contribution in [0.4, 0.5) is 0 Å². The second kappa shape index (κ2) is 10.0. The minimum atomic E-state index is 0.993. The van der Waals surface area contributed by atoms with Crippen molar-refractivity contribution < 1.29 is 0 Å². The van der Waals surface area contributed by atoms with Gasteiger partial charge in [-0.15, -0.1) is 0 Å². The van der Waals surface area contributed by atoms with Gasteiger partial charge in [0, 0.05) is 19.6 Å². The highest BCUT2D eigenvalue weighted by Crippen LogP contribution is 1.97. The quantitative estimate of drug-likeness (QED) is 0.505. The molecule has 0 amide bonds. The molecule has 0 aliphatic heterocycles. The van der Waals surface area contributed by atoms with Crippen molar-refractivity contribution in [1.29, 1.82) is 0 Å². The first kappa shape index (κ1) is 12.9. The Kier molecular flexibility index (Phi) is 9.94. The molecule has 0 saturated carbocycles. The Labute approximate surface area is 83.7 Å². The molecule has 0 atom stereocenters. The molecule has 0 aliphatic rings. The molecule has 79 valence electrons. The Morgan fingerprint density at radius 3 is 1.77 bits per heavy atom. The standard InChI is InChI=1S/C11H25N2/c1-4-7-10-13(11-8-5-2)12-9-6-3/h4-11H2,1-3H3. The van der Waals surface area contributed by atoms with Gasteiger partial charge in [-0.05, 0) is 19.3 Å². The summed E-state index contributed by atoms with van der Waals surface area (Å²) in [7, 11) is 0. The molecule has 0 aliphatic carbocycles. The van der Waals surface area contributed by atoms with Crippen molar-refractivity contribution in [3.05, 3.63) is 0 Å². The van der Waals surface area contributed by atoms with Crippen LogP contribution in [0.1, 0.15) is 52.9 Å². The van der Waals surface area contributed by atoms with Crippen LogP contribution in [0.3, 0.4) is 0 Å². The Balaban J connectivity index is 3.47. The second-order valence-electron chi connectivity index (χ2n) is 3.53. The molecule has 0 aromatic heterocycles. The van der Waals surface area contributed by atoms with E-state index in [-0.39, 0.29) is 0 Å². The fourth-order valence-corrected chi connectivity index (χ4v) is 1.18. The highest BCUT2D eigenvalue weighted by molar-refractivity contribution is 4.52. The molecule has 0 rings (SSSR count). The van der Waals surface area contributed by atoms with Crippen molar-refractivity contribution in [2.75, 3.05) is 19.6 Å². The zero-order valence-corrected chi connectivity index (χ0v) is 9.55. The zero-order valence-electron chi connectivity index (χ0n) is 9.55. The molecule has 0 N–H and O–H groups in total. The van der Waals surface area contributed by atoms with Crippen molar-refractivity contribution in [2.45, 2.75) is 52.9 Å². The molecule has 0 fully saturated rings. The largest absolute Gasteiger partial charge is 0.227 e. The summed E-state index contributed by atoms with van der Waals surface area (Å²) in [5, 5.41) is 2.26. The first-order valence-corrected chi connectivity index (χ1v) is 5.77. The second-order valence-corrected chi connectivity index (χ2v) is 3.53. The van der Waals surface area contributed by atoms with Crippen LogP contribution in [-0.2, 0) is 0 Å². The summed E-state index contributed by atoms with van der Waals surface area (Å²) in [6, 6.07) is 0. The van der Waals surface area contributed by atoms with E-state index in [0.29, 0.717) is 0 Å². The van der Waals surface area contributed by atoms with Crippen LogP contribution < -0.4 is 5.43 Å². The number of rotatable bonds is 9. The summed E-state index contributed by atoms with van der Waals surface area (Å²) in [6.45, 7) is 9.94. The van der Waals surface area contributed by atoms with Crippen molar-refractivity contribution in [3.63, 3.8) is 0 Å². The van der Waals surface area contributed by atoms with Gasteiger partial charge in [-0.25, -0.2) is 5.01 Å². The van der Waals surface area contributed by atoms with E-state index in [0.717, 1.165) is 26.1 Å². The van der Waals surface area contributed by atoms with E-state index in [9.17, 15) is 0 Å². The van der Waals surface area contributed by atoms with E-state index in [1.165, 1.54) is 25.7 Å². The van der Waals surface area contributed by atoms with Gasteiger partial charge in [-0.1, -0.05) is 33.6 Å². The van der Waals surface area contributed by atoms with Gasteiger partial charge in [0.15, 0.2) is 0 Å². The van der Waals surface area contributed by atoms with Crippen LogP contribution in [0.25, 0.3) is 0 Å². The van der Waals surface area contributed by atoms with E-state index in [1.807, 2.05) is 0 Å². The van der Waals surface area contributed by atoms with Gasteiger partial charge in [-0.2, -0.15) is 5.43 Å². The summed E-state index contributed by atoms with van der Waals surface area (Å²) in [6.07, 6.45) is 6.25. The normalized spacial score (nSPS) is 11.1. The minimum absolute atomic E-state index is 0.993. The highest BCUT2D eigenvalue weighted by Gasteiger charge is 2.02. The highest BCUT2D eigenvalue weighted by atomic mass is 15.5. The number of hydrogen-bond acceptors (Lipinski definition) is 1. The van der Waals surface area contributed by atoms with Crippen molar-refractivity contribution in [3.8, 4) is 0 Å². The third-order valence-electron chi connectivity index (χ3n) is 2.06. The lowest BCUT2D eigenvalue weighted by atomic mass is 10.3. The molecule has 2 heteroatoms. The van der Waals surface area contributed by atoms with Crippen LogP contribution in [0.5, 0.6) is 0 Å². The lowest BCUT2D eigenvalue weighted by Gasteiger charge is -2.20. The SMILES string of the molecule is CCCCN(CCCC)[N]CCC. The Morgan fingerprint density at radius 2 is 1.38 bits per heavy atom. The van der Waals surface area contributed by atoms with E-state index in [4.69, 9.17) is 0 Å². The molecular weight excluding hydrogens is 160 g/mol. The summed E-state index contributed by atoms with van der Waals surface area (Å²) in [4.78, 5) is 0. The molecule has 2 nitrogen and oxygen atoms in total. The van der Waals surface area contributed by atoms with Gasteiger partial charge in [0.05, 0.1) is 0 Å². The maximum atomic E-state index is 4.55. The van der Waals surface area contributed by atoms with Gasteiger partial charge in [0.2, 0.25) is 0 Å². The van der Waals surface area contributed by atoms with E-state index in [1.54, 1.807) is 0 Å². The Bertz CT molecular complexity index is 75.1. The predicted molar refractivity (Wildman–Crippen MR) is 58.7 cm³/mol. The molecule has 13 heavy (non-hydrogen) atoms. The van der Waals surface area contributed by atoms with Crippen LogP contribution >= 0.6 is 0 Å². The first-order valence-electron chi connectivity index (χ1n) is 5.77. The van der Waals surface area contributed by atoms with Crippen LogP contribution in [0.2, 0.25) is 0 Å². The van der Waals surface area contributed by atoms with Gasteiger partial charge in [0.25, 0.3) is 0 Å². The van der Waals surface area contributed by atoms with Gasteiger partial charge in [0.1, 0.15) is 0 Å².